The van der Waals surface area contributed by atoms with Gasteiger partial charge in [0.05, 0.1) is 23.4 Å². The molecule has 7 atom stereocenters. The molecule has 194 valence electrons. The SMILES string of the molecule is Cc1ccc(N2C[C@H](C(=O)Oc3ccc(N4C(=O)[C@@H]5[C@H]6C=C[C@@H]([C@@H]7C[C@H]67)[C@@H]5C4=O)c(C)c3)CC2=O)cc1C. The van der Waals surface area contributed by atoms with Gasteiger partial charge in [-0.2, -0.15) is 0 Å². The molecule has 7 heteroatoms. The largest absolute Gasteiger partial charge is 0.426 e. The average molecular weight is 511 g/mol. The van der Waals surface area contributed by atoms with E-state index >= 15 is 0 Å². The normalized spacial score (nSPS) is 32.6. The number of esters is 1. The summed E-state index contributed by atoms with van der Waals surface area (Å²) < 4.78 is 5.67. The number of hydrogen-bond donors (Lipinski definition) is 0. The molecule has 6 aliphatic rings. The Morgan fingerprint density at radius 3 is 2.16 bits per heavy atom. The van der Waals surface area contributed by atoms with Crippen LogP contribution < -0.4 is 14.5 Å². The van der Waals surface area contributed by atoms with Crippen LogP contribution in [0.3, 0.4) is 0 Å². The topological polar surface area (TPSA) is 84.0 Å². The zero-order chi connectivity index (χ0) is 26.5. The first kappa shape index (κ1) is 23.4. The second-order valence-corrected chi connectivity index (χ2v) is 11.7. The number of amides is 3. The predicted octanol–water partition coefficient (Wildman–Crippen LogP) is 4.13. The lowest BCUT2D eigenvalue weighted by Crippen LogP contribution is -2.40. The minimum atomic E-state index is -0.566. The van der Waals surface area contributed by atoms with Gasteiger partial charge in [0.2, 0.25) is 17.7 Å². The molecule has 0 spiro atoms. The number of imide groups is 1. The minimum Gasteiger partial charge on any atom is -0.426 e. The fourth-order valence-corrected chi connectivity index (χ4v) is 7.34. The first-order chi connectivity index (χ1) is 18.2. The van der Waals surface area contributed by atoms with Crippen molar-refractivity contribution < 1.29 is 23.9 Å². The monoisotopic (exact) mass is 510 g/mol. The molecule has 2 heterocycles. The van der Waals surface area contributed by atoms with E-state index in [1.807, 2.05) is 39.0 Å². The number of benzene rings is 2. The molecule has 4 aliphatic carbocycles. The Kier molecular flexibility index (Phi) is 5.00. The molecule has 0 unspecified atom stereocenters. The maximum atomic E-state index is 13.5. The van der Waals surface area contributed by atoms with Crippen molar-refractivity contribution in [3.05, 3.63) is 65.2 Å². The Hall–Kier alpha value is -3.74. The number of nitrogens with zero attached hydrogens (tertiary/aromatic N) is 2. The predicted molar refractivity (Wildman–Crippen MR) is 140 cm³/mol. The summed E-state index contributed by atoms with van der Waals surface area (Å²) in [7, 11) is 0. The van der Waals surface area contributed by atoms with Gasteiger partial charge in [0.25, 0.3) is 0 Å². The highest BCUT2D eigenvalue weighted by Gasteiger charge is 2.67. The van der Waals surface area contributed by atoms with Crippen molar-refractivity contribution in [3.63, 3.8) is 0 Å². The van der Waals surface area contributed by atoms with Gasteiger partial charge in [0.1, 0.15) is 5.75 Å². The molecular formula is C31H30N2O5. The molecule has 2 saturated carbocycles. The third-order valence-corrected chi connectivity index (χ3v) is 9.55. The summed E-state index contributed by atoms with van der Waals surface area (Å²) in [4.78, 5) is 55.6. The molecule has 2 aromatic rings. The number of carbonyl (C=O) groups is 4. The lowest BCUT2D eigenvalue weighted by molar-refractivity contribution is -0.139. The second kappa shape index (κ2) is 8.13. The van der Waals surface area contributed by atoms with Crippen LogP contribution in [0.5, 0.6) is 5.75 Å². The van der Waals surface area contributed by atoms with Gasteiger partial charge in [-0.1, -0.05) is 18.2 Å². The molecule has 0 radical (unpaired) electrons. The Morgan fingerprint density at radius 2 is 1.53 bits per heavy atom. The van der Waals surface area contributed by atoms with E-state index in [-0.39, 0.29) is 54.4 Å². The first-order valence-electron chi connectivity index (χ1n) is 13.5. The quantitative estimate of drug-likeness (QED) is 0.267. The standard InChI is InChI=1S/C31H30N2O5/c1-15-4-5-19(10-16(15)2)32-14-18(12-26(32)34)31(37)38-20-6-9-25(17(3)11-20)33-29(35)27-21-7-8-22(24-13-23(21)24)28(27)30(33)36/h4-11,18,21-24,27-28H,12-14H2,1-3H3/t18-,21+,22+,23-,24+,27-,28+/m1/s1. The Balaban J connectivity index is 1.06. The van der Waals surface area contributed by atoms with Gasteiger partial charge in [-0.25, -0.2) is 4.90 Å². The minimum absolute atomic E-state index is 0.0980. The molecule has 2 aliphatic heterocycles. The molecule has 2 aromatic carbocycles. The zero-order valence-electron chi connectivity index (χ0n) is 21.7. The molecule has 0 aromatic heterocycles. The van der Waals surface area contributed by atoms with Crippen molar-refractivity contribution >= 4 is 35.1 Å². The van der Waals surface area contributed by atoms with Crippen LogP contribution in [0, 0.1) is 62.2 Å². The number of aryl methyl sites for hydroxylation is 3. The smallest absolute Gasteiger partial charge is 0.316 e. The average Bonchev–Trinajstić information content (AvgIpc) is 3.57. The van der Waals surface area contributed by atoms with Crippen LogP contribution in [0.15, 0.2) is 48.6 Å². The summed E-state index contributed by atoms with van der Waals surface area (Å²) in [5.41, 5.74) is 4.27. The highest BCUT2D eigenvalue weighted by Crippen LogP contribution is 2.65. The number of rotatable bonds is 4. The van der Waals surface area contributed by atoms with Crippen LogP contribution in [-0.2, 0) is 19.2 Å². The number of ether oxygens (including phenoxy) is 1. The zero-order valence-corrected chi connectivity index (χ0v) is 21.7. The summed E-state index contributed by atoms with van der Waals surface area (Å²) in [6.45, 7) is 6.11. The van der Waals surface area contributed by atoms with Crippen molar-refractivity contribution in [2.24, 2.45) is 41.4 Å². The number of anilines is 2. The van der Waals surface area contributed by atoms with Gasteiger partial charge in [-0.05, 0) is 97.9 Å². The number of carbonyl (C=O) groups excluding carboxylic acids is 4. The van der Waals surface area contributed by atoms with E-state index in [4.69, 9.17) is 4.74 Å². The van der Waals surface area contributed by atoms with E-state index in [1.165, 1.54) is 4.90 Å². The van der Waals surface area contributed by atoms with E-state index in [0.29, 0.717) is 28.8 Å². The van der Waals surface area contributed by atoms with E-state index < -0.39 is 11.9 Å². The van der Waals surface area contributed by atoms with E-state index in [9.17, 15) is 19.2 Å². The molecule has 0 N–H and O–H groups in total. The van der Waals surface area contributed by atoms with Crippen LogP contribution >= 0.6 is 0 Å². The highest BCUT2D eigenvalue weighted by molar-refractivity contribution is 6.23. The number of allylic oxidation sites excluding steroid dienone is 2. The maximum Gasteiger partial charge on any atom is 0.316 e. The summed E-state index contributed by atoms with van der Waals surface area (Å²) in [5.74, 6) is -0.0364. The molecule has 2 bridgehead atoms. The van der Waals surface area contributed by atoms with Gasteiger partial charge in [0.15, 0.2) is 0 Å². The lowest BCUT2D eigenvalue weighted by atomic mass is 9.63. The van der Waals surface area contributed by atoms with Gasteiger partial charge in [-0.15, -0.1) is 0 Å². The van der Waals surface area contributed by atoms with Crippen molar-refractivity contribution in [2.45, 2.75) is 33.6 Å². The molecule has 7 nitrogen and oxygen atoms in total. The molecular weight excluding hydrogens is 480 g/mol. The van der Waals surface area contributed by atoms with E-state index in [0.717, 1.165) is 23.2 Å². The summed E-state index contributed by atoms with van der Waals surface area (Å²) >= 11 is 0. The number of hydrogen-bond acceptors (Lipinski definition) is 5. The fourth-order valence-electron chi connectivity index (χ4n) is 7.34. The van der Waals surface area contributed by atoms with E-state index in [2.05, 4.69) is 12.2 Å². The van der Waals surface area contributed by atoms with Gasteiger partial charge < -0.3 is 9.64 Å². The third kappa shape index (κ3) is 3.33. The summed E-state index contributed by atoms with van der Waals surface area (Å²) in [6.07, 6.45) is 5.56. The van der Waals surface area contributed by atoms with E-state index in [1.54, 1.807) is 23.1 Å². The maximum absolute atomic E-state index is 13.5. The molecule has 2 saturated heterocycles. The van der Waals surface area contributed by atoms with Gasteiger partial charge in [-0.3, -0.25) is 19.2 Å². The van der Waals surface area contributed by atoms with Crippen LogP contribution in [0.25, 0.3) is 0 Å². The second-order valence-electron chi connectivity index (χ2n) is 11.7. The summed E-state index contributed by atoms with van der Waals surface area (Å²) in [5, 5.41) is 0. The molecule has 3 amide bonds. The first-order valence-corrected chi connectivity index (χ1v) is 13.5. The van der Waals surface area contributed by atoms with Gasteiger partial charge >= 0.3 is 5.97 Å². The van der Waals surface area contributed by atoms with Crippen LogP contribution in [0.1, 0.15) is 29.5 Å². The van der Waals surface area contributed by atoms with Crippen molar-refractivity contribution in [3.8, 4) is 5.75 Å². The van der Waals surface area contributed by atoms with Gasteiger partial charge in [0, 0.05) is 18.7 Å². The highest BCUT2D eigenvalue weighted by atomic mass is 16.5. The van der Waals surface area contributed by atoms with Crippen LogP contribution in [-0.4, -0.2) is 30.2 Å². The third-order valence-electron chi connectivity index (χ3n) is 9.55. The Labute approximate surface area is 221 Å². The van der Waals surface area contributed by atoms with Crippen molar-refractivity contribution in [1.29, 1.82) is 0 Å². The molecule has 8 rings (SSSR count). The van der Waals surface area contributed by atoms with Crippen molar-refractivity contribution in [1.82, 2.24) is 0 Å². The summed E-state index contributed by atoms with van der Waals surface area (Å²) in [6, 6.07) is 10.9. The van der Waals surface area contributed by atoms with Crippen LogP contribution in [0.4, 0.5) is 11.4 Å². The Bertz CT molecular complexity index is 1420. The van der Waals surface area contributed by atoms with Crippen LogP contribution in [0.2, 0.25) is 0 Å². The molecule has 4 fully saturated rings. The lowest BCUT2D eigenvalue weighted by Gasteiger charge is -2.37. The Morgan fingerprint density at radius 1 is 0.842 bits per heavy atom. The fraction of sp³-hybridized carbons (Fsp3) is 0.419. The molecule has 38 heavy (non-hydrogen) atoms. The van der Waals surface area contributed by atoms with Crippen molar-refractivity contribution in [2.75, 3.05) is 16.3 Å².